The molecule has 2 unspecified atom stereocenters. The van der Waals surface area contributed by atoms with Gasteiger partial charge in [0.05, 0.1) is 41.7 Å². The highest BCUT2D eigenvalue weighted by atomic mass is 32.1. The molecular weight excluding hydrogens is 404 g/mol. The molecule has 1 saturated heterocycles. The molecule has 1 N–H and O–H groups in total. The Kier molecular flexibility index (Phi) is 5.74. The SMILES string of the molecule is CCOC(=O)N1CCC(c2nc(C3=CC(c4c(F)cccc4F)ON3)cs2)CO1. The topological polar surface area (TPSA) is 72.9 Å². The number of nitrogens with zero attached hydrogens (tertiary/aromatic N) is 2. The molecule has 0 radical (unpaired) electrons. The first-order chi connectivity index (χ1) is 14.1. The molecule has 1 aromatic carbocycles. The monoisotopic (exact) mass is 423 g/mol. The maximum absolute atomic E-state index is 14.0. The minimum atomic E-state index is -0.882. The van der Waals surface area contributed by atoms with Crippen LogP contribution in [-0.4, -0.2) is 35.9 Å². The summed E-state index contributed by atoms with van der Waals surface area (Å²) in [6.45, 7) is 2.76. The van der Waals surface area contributed by atoms with E-state index in [9.17, 15) is 13.6 Å². The Labute approximate surface area is 169 Å². The van der Waals surface area contributed by atoms with Gasteiger partial charge in [0, 0.05) is 11.3 Å². The summed E-state index contributed by atoms with van der Waals surface area (Å²) >= 11 is 1.46. The van der Waals surface area contributed by atoms with Crippen molar-refractivity contribution < 1.29 is 28.0 Å². The number of halogens is 2. The average Bonchev–Trinajstić information content (AvgIpc) is 3.38. The van der Waals surface area contributed by atoms with E-state index in [2.05, 4.69) is 10.5 Å². The van der Waals surface area contributed by atoms with Gasteiger partial charge < -0.3 is 4.74 Å². The molecule has 0 spiro atoms. The van der Waals surface area contributed by atoms with Crippen molar-refractivity contribution in [1.29, 1.82) is 0 Å². The third-order valence-electron chi connectivity index (χ3n) is 4.63. The number of carbonyl (C=O) groups is 1. The van der Waals surface area contributed by atoms with Crippen LogP contribution in [0.3, 0.4) is 0 Å². The lowest BCUT2D eigenvalue weighted by Gasteiger charge is -2.29. The van der Waals surface area contributed by atoms with E-state index in [0.717, 1.165) is 5.01 Å². The summed E-state index contributed by atoms with van der Waals surface area (Å²) in [5, 5.41) is 3.92. The van der Waals surface area contributed by atoms with Crippen molar-refractivity contribution in [3.05, 3.63) is 57.6 Å². The van der Waals surface area contributed by atoms with Crippen LogP contribution < -0.4 is 5.48 Å². The summed E-state index contributed by atoms with van der Waals surface area (Å²) in [6.07, 6.45) is 0.917. The highest BCUT2D eigenvalue weighted by Gasteiger charge is 2.29. The molecule has 1 fully saturated rings. The van der Waals surface area contributed by atoms with Crippen LogP contribution >= 0.6 is 11.3 Å². The summed E-state index contributed by atoms with van der Waals surface area (Å²) in [4.78, 5) is 27.1. The van der Waals surface area contributed by atoms with Crippen LogP contribution in [0.4, 0.5) is 13.6 Å². The molecule has 154 valence electrons. The lowest BCUT2D eigenvalue weighted by atomic mass is 10.1. The van der Waals surface area contributed by atoms with Crippen molar-refractivity contribution in [2.45, 2.75) is 25.4 Å². The number of hydrogen-bond acceptors (Lipinski definition) is 7. The summed E-state index contributed by atoms with van der Waals surface area (Å²) < 4.78 is 32.9. The van der Waals surface area contributed by atoms with Gasteiger partial charge in [-0.15, -0.1) is 11.3 Å². The smallest absolute Gasteiger partial charge is 0.433 e. The molecule has 29 heavy (non-hydrogen) atoms. The Morgan fingerprint density at radius 3 is 2.90 bits per heavy atom. The Morgan fingerprint density at radius 2 is 2.21 bits per heavy atom. The van der Waals surface area contributed by atoms with Crippen LogP contribution in [0.2, 0.25) is 0 Å². The molecule has 7 nitrogen and oxygen atoms in total. The molecule has 0 aliphatic carbocycles. The minimum Gasteiger partial charge on any atom is -0.448 e. The van der Waals surface area contributed by atoms with Crippen molar-refractivity contribution in [3.63, 3.8) is 0 Å². The molecule has 0 saturated carbocycles. The van der Waals surface area contributed by atoms with Crippen molar-refractivity contribution >= 4 is 23.1 Å². The zero-order chi connectivity index (χ0) is 20.4. The fourth-order valence-electron chi connectivity index (χ4n) is 3.14. The summed E-state index contributed by atoms with van der Waals surface area (Å²) in [7, 11) is 0. The second kappa shape index (κ2) is 8.44. The summed E-state index contributed by atoms with van der Waals surface area (Å²) in [6, 6.07) is 3.69. The summed E-state index contributed by atoms with van der Waals surface area (Å²) in [5.74, 6) is -1.29. The number of hydroxylamine groups is 3. The highest BCUT2D eigenvalue weighted by molar-refractivity contribution is 7.09. The van der Waals surface area contributed by atoms with Gasteiger partial charge in [0.15, 0.2) is 0 Å². The van der Waals surface area contributed by atoms with Crippen LogP contribution in [0.15, 0.2) is 29.7 Å². The number of amides is 1. The van der Waals surface area contributed by atoms with Crippen molar-refractivity contribution in [2.24, 2.45) is 0 Å². The number of nitrogens with one attached hydrogen (secondary N) is 1. The number of hydrogen-bond donors (Lipinski definition) is 1. The van der Waals surface area contributed by atoms with E-state index < -0.39 is 23.8 Å². The van der Waals surface area contributed by atoms with Gasteiger partial charge >= 0.3 is 6.09 Å². The Bertz CT molecular complexity index is 908. The van der Waals surface area contributed by atoms with E-state index in [1.807, 2.05) is 5.38 Å². The lowest BCUT2D eigenvalue weighted by molar-refractivity contribution is -0.162. The molecule has 2 atom stereocenters. The van der Waals surface area contributed by atoms with Gasteiger partial charge in [-0.25, -0.2) is 18.6 Å². The third kappa shape index (κ3) is 4.09. The van der Waals surface area contributed by atoms with Crippen molar-refractivity contribution in [1.82, 2.24) is 15.5 Å². The van der Waals surface area contributed by atoms with Crippen molar-refractivity contribution in [2.75, 3.05) is 19.8 Å². The molecule has 0 bridgehead atoms. The molecule has 1 aromatic heterocycles. The van der Waals surface area contributed by atoms with Gasteiger partial charge in [-0.2, -0.15) is 5.06 Å². The maximum atomic E-state index is 14.0. The predicted molar refractivity (Wildman–Crippen MR) is 100 cm³/mol. The molecule has 2 aromatic rings. The standard InChI is InChI=1S/C19H19F2N3O4S/c1-2-26-19(25)24-7-6-11(9-27-24)18-22-15(10-29-18)14-8-16(28-23-14)17-12(20)4-3-5-13(17)21/h3-5,8,10-11,16,23H,2,6-7,9H2,1H3. The molecule has 2 aliphatic heterocycles. The van der Waals surface area contributed by atoms with Gasteiger partial charge in [0.1, 0.15) is 17.7 Å². The molecule has 2 aliphatic rings. The van der Waals surface area contributed by atoms with Crippen LogP contribution in [-0.2, 0) is 14.4 Å². The van der Waals surface area contributed by atoms with Gasteiger partial charge in [-0.3, -0.25) is 15.2 Å². The Balaban J connectivity index is 1.43. The maximum Gasteiger partial charge on any atom is 0.433 e. The molecular formula is C19H19F2N3O4S. The number of thiazole rings is 1. The first-order valence-corrected chi connectivity index (χ1v) is 10.0. The van der Waals surface area contributed by atoms with Crippen LogP contribution in [0.5, 0.6) is 0 Å². The fraction of sp³-hybridized carbons (Fsp3) is 0.368. The number of carbonyl (C=O) groups excluding carboxylic acids is 1. The van der Waals surface area contributed by atoms with E-state index in [-0.39, 0.29) is 11.5 Å². The first kappa shape index (κ1) is 19.7. The molecule has 3 heterocycles. The Hall–Kier alpha value is -2.56. The van der Waals surface area contributed by atoms with Crippen LogP contribution in [0.1, 0.15) is 41.6 Å². The van der Waals surface area contributed by atoms with E-state index in [4.69, 9.17) is 14.4 Å². The normalized spacial score (nSPS) is 21.6. The van der Waals surface area contributed by atoms with Gasteiger partial charge in [0.25, 0.3) is 0 Å². The molecule has 10 heteroatoms. The predicted octanol–water partition coefficient (Wildman–Crippen LogP) is 3.92. The van der Waals surface area contributed by atoms with E-state index in [1.54, 1.807) is 13.0 Å². The number of benzene rings is 1. The highest BCUT2D eigenvalue weighted by Crippen LogP contribution is 2.34. The van der Waals surface area contributed by atoms with E-state index in [0.29, 0.717) is 37.6 Å². The largest absolute Gasteiger partial charge is 0.448 e. The Morgan fingerprint density at radius 1 is 1.41 bits per heavy atom. The number of aromatic nitrogens is 1. The van der Waals surface area contributed by atoms with E-state index >= 15 is 0 Å². The average molecular weight is 423 g/mol. The third-order valence-corrected chi connectivity index (χ3v) is 5.64. The van der Waals surface area contributed by atoms with Crippen LogP contribution in [0.25, 0.3) is 5.70 Å². The second-order valence-electron chi connectivity index (χ2n) is 6.51. The van der Waals surface area contributed by atoms with Gasteiger partial charge in [-0.1, -0.05) is 6.07 Å². The second-order valence-corrected chi connectivity index (χ2v) is 7.40. The van der Waals surface area contributed by atoms with E-state index in [1.165, 1.54) is 34.6 Å². The zero-order valence-corrected chi connectivity index (χ0v) is 16.4. The lowest BCUT2D eigenvalue weighted by Crippen LogP contribution is -2.38. The van der Waals surface area contributed by atoms with Crippen LogP contribution in [0, 0.1) is 11.6 Å². The van der Waals surface area contributed by atoms with Gasteiger partial charge in [-0.05, 0) is 31.6 Å². The minimum absolute atomic E-state index is 0.0437. The zero-order valence-electron chi connectivity index (χ0n) is 15.6. The van der Waals surface area contributed by atoms with Gasteiger partial charge in [0.2, 0.25) is 0 Å². The quantitative estimate of drug-likeness (QED) is 0.804. The first-order valence-electron chi connectivity index (χ1n) is 9.17. The molecule has 1 amide bonds. The number of ether oxygens (including phenoxy) is 1. The van der Waals surface area contributed by atoms with Crippen molar-refractivity contribution in [3.8, 4) is 0 Å². The molecule has 4 rings (SSSR count). The number of rotatable bonds is 4. The summed E-state index contributed by atoms with van der Waals surface area (Å²) in [5.41, 5.74) is 3.72. The fourth-order valence-corrected chi connectivity index (χ4v) is 4.08.